The molecule has 0 fully saturated rings. The highest BCUT2D eigenvalue weighted by Gasteiger charge is 2.18. The van der Waals surface area contributed by atoms with Crippen LogP contribution in [0.4, 0.5) is 0 Å². The summed E-state index contributed by atoms with van der Waals surface area (Å²) in [5.74, 6) is -0.128. The van der Waals surface area contributed by atoms with Gasteiger partial charge in [-0.15, -0.1) is 0 Å². The highest BCUT2D eigenvalue weighted by molar-refractivity contribution is 5.72. The minimum absolute atomic E-state index is 0.0214. The average molecular weight is 263 g/mol. The van der Waals surface area contributed by atoms with E-state index in [1.165, 1.54) is 18.2 Å². The molecule has 0 heterocycles. The van der Waals surface area contributed by atoms with E-state index in [-0.39, 0.29) is 11.9 Å². The Balaban J connectivity index is 2.45. The number of aryl methyl sites for hydroxylation is 1. The molecule has 0 saturated carbocycles. The summed E-state index contributed by atoms with van der Waals surface area (Å²) in [5.41, 5.74) is 2.70. The zero-order chi connectivity index (χ0) is 14.3. The van der Waals surface area contributed by atoms with E-state index in [4.69, 9.17) is 4.74 Å². The van der Waals surface area contributed by atoms with E-state index < -0.39 is 0 Å². The lowest BCUT2D eigenvalue weighted by atomic mass is 10.0. The molecule has 3 heteroatoms. The Morgan fingerprint density at radius 1 is 1.37 bits per heavy atom. The fraction of sp³-hybridized carbons (Fsp3) is 0.562. The number of ether oxygens (including phenoxy) is 1. The van der Waals surface area contributed by atoms with Crippen LogP contribution in [0, 0.1) is 12.8 Å². The molecular formula is C16H25NO2. The third-order valence-electron chi connectivity index (χ3n) is 3.58. The minimum Gasteiger partial charge on any atom is -0.469 e. The Morgan fingerprint density at radius 3 is 2.63 bits per heavy atom. The van der Waals surface area contributed by atoms with E-state index in [0.29, 0.717) is 0 Å². The van der Waals surface area contributed by atoms with Gasteiger partial charge in [-0.3, -0.25) is 4.79 Å². The maximum atomic E-state index is 11.6. The van der Waals surface area contributed by atoms with Crippen molar-refractivity contribution in [1.29, 1.82) is 0 Å². The molecule has 1 aromatic carbocycles. The van der Waals surface area contributed by atoms with Gasteiger partial charge in [-0.1, -0.05) is 31.2 Å². The predicted octanol–water partition coefficient (Wildman–Crippen LogP) is 2.67. The summed E-state index contributed by atoms with van der Waals surface area (Å²) in [5, 5.41) is 0. The first-order valence-corrected chi connectivity index (χ1v) is 6.89. The van der Waals surface area contributed by atoms with Gasteiger partial charge in [-0.2, -0.15) is 0 Å². The van der Waals surface area contributed by atoms with Crippen LogP contribution in [0.1, 0.15) is 24.5 Å². The van der Waals surface area contributed by atoms with Crippen molar-refractivity contribution in [2.24, 2.45) is 5.92 Å². The molecule has 0 bridgehead atoms. The predicted molar refractivity (Wildman–Crippen MR) is 78.2 cm³/mol. The Hall–Kier alpha value is -1.35. The molecule has 1 aromatic rings. The topological polar surface area (TPSA) is 29.5 Å². The van der Waals surface area contributed by atoms with E-state index in [1.54, 1.807) is 0 Å². The molecule has 0 saturated heterocycles. The summed E-state index contributed by atoms with van der Waals surface area (Å²) in [6, 6.07) is 8.44. The van der Waals surface area contributed by atoms with Crippen molar-refractivity contribution in [3.63, 3.8) is 0 Å². The number of methoxy groups -OCH3 is 1. The highest BCUT2D eigenvalue weighted by Crippen LogP contribution is 2.10. The minimum atomic E-state index is -0.106. The molecule has 1 unspecified atom stereocenters. The second-order valence-corrected chi connectivity index (χ2v) is 5.07. The molecule has 0 amide bonds. The second-order valence-electron chi connectivity index (χ2n) is 5.07. The van der Waals surface area contributed by atoms with Gasteiger partial charge in [0.1, 0.15) is 0 Å². The van der Waals surface area contributed by atoms with Crippen molar-refractivity contribution >= 4 is 5.97 Å². The van der Waals surface area contributed by atoms with Crippen LogP contribution in [0.5, 0.6) is 0 Å². The van der Waals surface area contributed by atoms with Gasteiger partial charge in [0.2, 0.25) is 0 Å². The van der Waals surface area contributed by atoms with Crippen LogP contribution >= 0.6 is 0 Å². The standard InChI is InChI=1S/C16H25NO2/c1-5-14(16(18)19-4)12-17(3)11-10-15-9-7-6-8-13(15)2/h6-9,14H,5,10-12H2,1-4H3. The van der Waals surface area contributed by atoms with Crippen LogP contribution in [-0.4, -0.2) is 38.1 Å². The first-order chi connectivity index (χ1) is 9.08. The van der Waals surface area contributed by atoms with Crippen LogP contribution in [0.3, 0.4) is 0 Å². The van der Waals surface area contributed by atoms with Crippen LogP contribution < -0.4 is 0 Å². The van der Waals surface area contributed by atoms with Gasteiger partial charge in [0.25, 0.3) is 0 Å². The monoisotopic (exact) mass is 263 g/mol. The number of carbonyl (C=O) groups is 1. The van der Waals surface area contributed by atoms with Gasteiger partial charge >= 0.3 is 5.97 Å². The second kappa shape index (κ2) is 7.95. The van der Waals surface area contributed by atoms with Crippen molar-refractivity contribution in [1.82, 2.24) is 4.90 Å². The summed E-state index contributed by atoms with van der Waals surface area (Å²) in [6.07, 6.45) is 1.84. The van der Waals surface area contributed by atoms with Crippen molar-refractivity contribution < 1.29 is 9.53 Å². The van der Waals surface area contributed by atoms with Gasteiger partial charge in [0.15, 0.2) is 0 Å². The number of benzene rings is 1. The number of rotatable bonds is 7. The molecular weight excluding hydrogens is 238 g/mol. The van der Waals surface area contributed by atoms with Gasteiger partial charge < -0.3 is 9.64 Å². The molecule has 0 spiro atoms. The fourth-order valence-electron chi connectivity index (χ4n) is 2.21. The molecule has 0 N–H and O–H groups in total. The Kier molecular flexibility index (Phi) is 6.57. The molecule has 19 heavy (non-hydrogen) atoms. The highest BCUT2D eigenvalue weighted by atomic mass is 16.5. The largest absolute Gasteiger partial charge is 0.469 e. The smallest absolute Gasteiger partial charge is 0.309 e. The van der Waals surface area contributed by atoms with E-state index in [9.17, 15) is 4.79 Å². The van der Waals surface area contributed by atoms with Crippen molar-refractivity contribution in [3.8, 4) is 0 Å². The molecule has 0 aliphatic rings. The average Bonchev–Trinajstić information content (AvgIpc) is 2.43. The third-order valence-corrected chi connectivity index (χ3v) is 3.58. The van der Waals surface area contributed by atoms with E-state index in [0.717, 1.165) is 25.9 Å². The molecule has 3 nitrogen and oxygen atoms in total. The van der Waals surface area contributed by atoms with Crippen LogP contribution in [0.15, 0.2) is 24.3 Å². The van der Waals surface area contributed by atoms with Gasteiger partial charge in [0, 0.05) is 13.1 Å². The molecule has 106 valence electrons. The first kappa shape index (κ1) is 15.7. The van der Waals surface area contributed by atoms with Gasteiger partial charge in [-0.25, -0.2) is 0 Å². The SMILES string of the molecule is CCC(CN(C)CCc1ccccc1C)C(=O)OC. The molecule has 1 rings (SSSR count). The number of carbonyl (C=O) groups excluding carboxylic acids is 1. The lowest BCUT2D eigenvalue weighted by Crippen LogP contribution is -2.32. The number of hydrogen-bond acceptors (Lipinski definition) is 3. The number of nitrogens with zero attached hydrogens (tertiary/aromatic N) is 1. The Morgan fingerprint density at radius 2 is 2.05 bits per heavy atom. The number of hydrogen-bond donors (Lipinski definition) is 0. The van der Waals surface area contributed by atoms with E-state index in [1.807, 2.05) is 6.92 Å². The summed E-state index contributed by atoms with van der Waals surface area (Å²) in [4.78, 5) is 13.8. The normalized spacial score (nSPS) is 12.5. The van der Waals surface area contributed by atoms with Gasteiger partial charge in [0.05, 0.1) is 13.0 Å². The van der Waals surface area contributed by atoms with E-state index in [2.05, 4.69) is 43.1 Å². The maximum Gasteiger partial charge on any atom is 0.309 e. The van der Waals surface area contributed by atoms with E-state index >= 15 is 0 Å². The van der Waals surface area contributed by atoms with Crippen LogP contribution in [0.2, 0.25) is 0 Å². The Bertz CT molecular complexity index is 403. The summed E-state index contributed by atoms with van der Waals surface area (Å²) in [6.45, 7) is 5.88. The summed E-state index contributed by atoms with van der Waals surface area (Å²) in [7, 11) is 3.52. The fourth-order valence-corrected chi connectivity index (χ4v) is 2.21. The Labute approximate surface area is 116 Å². The van der Waals surface area contributed by atoms with Crippen molar-refractivity contribution in [3.05, 3.63) is 35.4 Å². The van der Waals surface area contributed by atoms with Crippen molar-refractivity contribution in [2.45, 2.75) is 26.7 Å². The lowest BCUT2D eigenvalue weighted by molar-refractivity contribution is -0.146. The number of likely N-dealkylation sites (N-methyl/N-ethyl adjacent to an activating group) is 1. The molecule has 0 radical (unpaired) electrons. The molecule has 0 aliphatic carbocycles. The zero-order valence-electron chi connectivity index (χ0n) is 12.5. The first-order valence-electron chi connectivity index (χ1n) is 6.89. The zero-order valence-corrected chi connectivity index (χ0v) is 12.5. The third kappa shape index (κ3) is 5.03. The van der Waals surface area contributed by atoms with Crippen LogP contribution in [0.25, 0.3) is 0 Å². The summed E-state index contributed by atoms with van der Waals surface area (Å²) < 4.78 is 4.82. The molecule has 0 aromatic heterocycles. The van der Waals surface area contributed by atoms with Gasteiger partial charge in [-0.05, 0) is 37.9 Å². The van der Waals surface area contributed by atoms with Crippen LogP contribution in [-0.2, 0) is 16.0 Å². The van der Waals surface area contributed by atoms with Crippen molar-refractivity contribution in [2.75, 3.05) is 27.2 Å². The lowest BCUT2D eigenvalue weighted by Gasteiger charge is -2.21. The quantitative estimate of drug-likeness (QED) is 0.708. The molecule has 0 aliphatic heterocycles. The summed E-state index contributed by atoms with van der Waals surface area (Å²) >= 11 is 0. The maximum absolute atomic E-state index is 11.6. The number of esters is 1. The molecule has 1 atom stereocenters.